The maximum atomic E-state index is 5.97. The minimum absolute atomic E-state index is 0.277. The second kappa shape index (κ2) is 3.93. The molecule has 3 atom stereocenters. The van der Waals surface area contributed by atoms with Gasteiger partial charge in [0, 0.05) is 6.04 Å². The smallest absolute Gasteiger partial charge is 0.296 e. The standard InChI is InChI=1S/C17H23N3O/c1-16(2)10-7-8-17(3,9-10)14(16)20-15-19-13-11(18)5-4-6-12(13)21-15/h4-6,10,14H,7-9,18H2,1-3H3,(H,19,20). The van der Waals surface area contributed by atoms with Crippen molar-refractivity contribution in [1.29, 1.82) is 0 Å². The fraction of sp³-hybridized carbons (Fsp3) is 0.588. The van der Waals surface area contributed by atoms with Crippen LogP contribution in [-0.4, -0.2) is 11.0 Å². The number of nitrogen functional groups attached to an aromatic ring is 1. The van der Waals surface area contributed by atoms with Gasteiger partial charge in [-0.25, -0.2) is 0 Å². The predicted octanol–water partition coefficient (Wildman–Crippen LogP) is 4.04. The van der Waals surface area contributed by atoms with Crippen molar-refractivity contribution in [3.05, 3.63) is 18.2 Å². The third-order valence-electron chi connectivity index (χ3n) is 5.99. The van der Waals surface area contributed by atoms with E-state index in [2.05, 4.69) is 31.1 Å². The predicted molar refractivity (Wildman–Crippen MR) is 85.1 cm³/mol. The first-order valence-corrected chi connectivity index (χ1v) is 7.82. The van der Waals surface area contributed by atoms with E-state index in [0.29, 0.717) is 23.2 Å². The van der Waals surface area contributed by atoms with Crippen LogP contribution in [0.3, 0.4) is 0 Å². The minimum Gasteiger partial charge on any atom is -0.423 e. The van der Waals surface area contributed by atoms with Crippen LogP contribution in [0.1, 0.15) is 40.0 Å². The fourth-order valence-electron chi connectivity index (χ4n) is 4.82. The average Bonchev–Trinajstić information content (AvgIpc) is 3.04. The van der Waals surface area contributed by atoms with Gasteiger partial charge in [-0.3, -0.25) is 0 Å². The molecule has 0 amide bonds. The van der Waals surface area contributed by atoms with Gasteiger partial charge in [0.2, 0.25) is 0 Å². The van der Waals surface area contributed by atoms with Crippen molar-refractivity contribution >= 4 is 22.8 Å². The highest BCUT2D eigenvalue weighted by Crippen LogP contribution is 2.63. The maximum Gasteiger partial charge on any atom is 0.296 e. The molecule has 2 fully saturated rings. The number of rotatable bonds is 2. The molecule has 2 saturated carbocycles. The lowest BCUT2D eigenvalue weighted by Gasteiger charge is -2.42. The number of fused-ring (bicyclic) bond motifs is 3. The summed E-state index contributed by atoms with van der Waals surface area (Å²) in [5.41, 5.74) is 8.77. The molecular formula is C17H23N3O. The molecule has 4 heteroatoms. The molecule has 1 aromatic heterocycles. The van der Waals surface area contributed by atoms with Gasteiger partial charge in [-0.15, -0.1) is 0 Å². The number of benzene rings is 1. The van der Waals surface area contributed by atoms with E-state index in [4.69, 9.17) is 10.2 Å². The quantitative estimate of drug-likeness (QED) is 0.817. The normalized spacial score (nSPS) is 33.7. The van der Waals surface area contributed by atoms with Crippen molar-refractivity contribution in [3.63, 3.8) is 0 Å². The Labute approximate surface area is 125 Å². The Bertz CT molecular complexity index is 700. The van der Waals surface area contributed by atoms with E-state index in [9.17, 15) is 0 Å². The average molecular weight is 285 g/mol. The summed E-state index contributed by atoms with van der Waals surface area (Å²) in [4.78, 5) is 4.55. The number of oxazole rings is 1. The van der Waals surface area contributed by atoms with Crippen molar-refractivity contribution in [1.82, 2.24) is 4.98 Å². The van der Waals surface area contributed by atoms with E-state index in [-0.39, 0.29) is 5.41 Å². The number of aromatic nitrogens is 1. The van der Waals surface area contributed by atoms with Gasteiger partial charge in [0.25, 0.3) is 6.01 Å². The number of hydrogen-bond donors (Lipinski definition) is 2. The SMILES string of the molecule is CC12CCC(C1)C(C)(C)C2Nc1nc2c(N)cccc2o1. The topological polar surface area (TPSA) is 64.1 Å². The van der Waals surface area contributed by atoms with Crippen LogP contribution in [0.2, 0.25) is 0 Å². The van der Waals surface area contributed by atoms with Crippen molar-refractivity contribution in [2.24, 2.45) is 16.7 Å². The zero-order chi connectivity index (χ0) is 14.8. The van der Waals surface area contributed by atoms with E-state index >= 15 is 0 Å². The molecule has 0 spiro atoms. The maximum absolute atomic E-state index is 5.97. The lowest BCUT2D eigenvalue weighted by molar-refractivity contribution is 0.153. The summed E-state index contributed by atoms with van der Waals surface area (Å²) >= 11 is 0. The lowest BCUT2D eigenvalue weighted by Crippen LogP contribution is -2.45. The highest BCUT2D eigenvalue weighted by atomic mass is 16.4. The van der Waals surface area contributed by atoms with Crippen LogP contribution in [0.15, 0.2) is 22.6 Å². The third kappa shape index (κ3) is 1.71. The summed E-state index contributed by atoms with van der Waals surface area (Å²) in [6.45, 7) is 7.14. The van der Waals surface area contributed by atoms with Gasteiger partial charge in [0.1, 0.15) is 5.52 Å². The van der Waals surface area contributed by atoms with Crippen LogP contribution in [0.4, 0.5) is 11.7 Å². The van der Waals surface area contributed by atoms with Crippen LogP contribution >= 0.6 is 0 Å². The van der Waals surface area contributed by atoms with Crippen molar-refractivity contribution in [2.45, 2.75) is 46.1 Å². The number of nitrogens with zero attached hydrogens (tertiary/aromatic N) is 1. The zero-order valence-corrected chi connectivity index (χ0v) is 12.9. The Morgan fingerprint density at radius 3 is 2.81 bits per heavy atom. The van der Waals surface area contributed by atoms with E-state index < -0.39 is 0 Å². The molecule has 3 N–H and O–H groups in total. The molecule has 0 aliphatic heterocycles. The van der Waals surface area contributed by atoms with Crippen LogP contribution in [0, 0.1) is 16.7 Å². The zero-order valence-electron chi connectivity index (χ0n) is 12.9. The molecule has 4 nitrogen and oxygen atoms in total. The Kier molecular flexibility index (Phi) is 2.43. The summed E-state index contributed by atoms with van der Waals surface area (Å²) in [6, 6.07) is 6.68. The van der Waals surface area contributed by atoms with E-state index in [1.807, 2.05) is 18.2 Å². The van der Waals surface area contributed by atoms with Gasteiger partial charge in [0.15, 0.2) is 5.58 Å². The Hall–Kier alpha value is -1.71. The van der Waals surface area contributed by atoms with Gasteiger partial charge in [-0.05, 0) is 48.1 Å². The van der Waals surface area contributed by atoms with Crippen LogP contribution in [0.25, 0.3) is 11.1 Å². The van der Waals surface area contributed by atoms with Gasteiger partial charge in [-0.1, -0.05) is 26.8 Å². The fourth-order valence-corrected chi connectivity index (χ4v) is 4.82. The Morgan fingerprint density at radius 2 is 2.14 bits per heavy atom. The summed E-state index contributed by atoms with van der Waals surface area (Å²) in [6.07, 6.45) is 3.95. The number of hydrogen-bond acceptors (Lipinski definition) is 4. The molecular weight excluding hydrogens is 262 g/mol. The molecule has 112 valence electrons. The van der Waals surface area contributed by atoms with Crippen molar-refractivity contribution < 1.29 is 4.42 Å². The van der Waals surface area contributed by atoms with Gasteiger partial charge < -0.3 is 15.5 Å². The molecule has 1 aromatic carbocycles. The van der Waals surface area contributed by atoms with Crippen LogP contribution in [-0.2, 0) is 0 Å². The van der Waals surface area contributed by atoms with Crippen LogP contribution < -0.4 is 11.1 Å². The first-order chi connectivity index (χ1) is 9.90. The summed E-state index contributed by atoms with van der Waals surface area (Å²) in [5.74, 6) is 0.800. The molecule has 0 radical (unpaired) electrons. The number of nitrogens with one attached hydrogen (secondary N) is 1. The van der Waals surface area contributed by atoms with E-state index in [1.54, 1.807) is 0 Å². The molecule has 3 unspecified atom stereocenters. The number of nitrogens with two attached hydrogens (primary N) is 1. The van der Waals surface area contributed by atoms with Gasteiger partial charge >= 0.3 is 0 Å². The molecule has 21 heavy (non-hydrogen) atoms. The highest BCUT2D eigenvalue weighted by Gasteiger charge is 2.59. The molecule has 1 heterocycles. The second-order valence-corrected chi connectivity index (χ2v) is 7.71. The molecule has 2 bridgehead atoms. The van der Waals surface area contributed by atoms with Crippen molar-refractivity contribution in [3.8, 4) is 0 Å². The Balaban J connectivity index is 1.70. The lowest BCUT2D eigenvalue weighted by atomic mass is 9.68. The second-order valence-electron chi connectivity index (χ2n) is 7.71. The summed E-state index contributed by atoms with van der Waals surface area (Å²) in [7, 11) is 0. The third-order valence-corrected chi connectivity index (χ3v) is 5.99. The first-order valence-electron chi connectivity index (χ1n) is 7.82. The highest BCUT2D eigenvalue weighted by molar-refractivity contribution is 5.86. The minimum atomic E-state index is 0.277. The molecule has 0 saturated heterocycles. The molecule has 4 rings (SSSR count). The van der Waals surface area contributed by atoms with Gasteiger partial charge in [0.05, 0.1) is 5.69 Å². The Morgan fingerprint density at radius 1 is 1.33 bits per heavy atom. The summed E-state index contributed by atoms with van der Waals surface area (Å²) in [5, 5.41) is 3.59. The van der Waals surface area contributed by atoms with E-state index in [1.165, 1.54) is 19.3 Å². The first kappa shape index (κ1) is 13.0. The van der Waals surface area contributed by atoms with Crippen molar-refractivity contribution in [2.75, 3.05) is 11.1 Å². The van der Waals surface area contributed by atoms with Crippen LogP contribution in [0.5, 0.6) is 0 Å². The number of anilines is 2. The molecule has 2 aliphatic carbocycles. The summed E-state index contributed by atoms with van der Waals surface area (Å²) < 4.78 is 5.85. The number of para-hydroxylation sites is 1. The van der Waals surface area contributed by atoms with E-state index in [0.717, 1.165) is 17.0 Å². The van der Waals surface area contributed by atoms with Gasteiger partial charge in [-0.2, -0.15) is 4.98 Å². The largest absolute Gasteiger partial charge is 0.423 e. The molecule has 2 aliphatic rings. The monoisotopic (exact) mass is 285 g/mol. The molecule has 2 aromatic rings.